The van der Waals surface area contributed by atoms with E-state index in [0.717, 1.165) is 0 Å². The molecule has 0 atom stereocenters. The van der Waals surface area contributed by atoms with Gasteiger partial charge in [0.2, 0.25) is 0 Å². The van der Waals surface area contributed by atoms with Crippen molar-refractivity contribution in [3.8, 4) is 0 Å². The Morgan fingerprint density at radius 2 is 0.333 bits per heavy atom. The van der Waals surface area contributed by atoms with Gasteiger partial charge in [0.05, 0.1) is 0 Å². The van der Waals surface area contributed by atoms with E-state index in [1.54, 1.807) is 0 Å². The third-order valence-corrected chi connectivity index (χ3v) is 0. The van der Waals surface area contributed by atoms with Gasteiger partial charge in [-0.1, -0.05) is 0 Å². The van der Waals surface area contributed by atoms with Crippen molar-refractivity contribution in [1.82, 2.24) is 0 Å². The van der Waals surface area contributed by atoms with Crippen molar-refractivity contribution in [3.05, 3.63) is 0 Å². The van der Waals surface area contributed by atoms with Gasteiger partial charge in [0.1, 0.15) is 0 Å². The van der Waals surface area contributed by atoms with Crippen molar-refractivity contribution in [2.45, 2.75) is 0 Å². The molecule has 0 saturated carbocycles. The predicted octanol–water partition coefficient (Wildman–Crippen LogP) is -16.6. The second kappa shape index (κ2) is 330. The molecular formula is H36AlO22S+. The van der Waals surface area contributed by atoms with Gasteiger partial charge >= 0.3 is 17.4 Å². The van der Waals surface area contributed by atoms with Crippen LogP contribution in [0, 0.1) is 0 Å². The van der Waals surface area contributed by atoms with Gasteiger partial charge in [0.15, 0.2) is 0 Å². The molecule has 0 radical (unpaired) electrons. The van der Waals surface area contributed by atoms with E-state index < -0.39 is 10.4 Å². The first-order chi connectivity index (χ1) is 2.00. The van der Waals surface area contributed by atoms with Gasteiger partial charge in [-0.3, -0.25) is 8.42 Å². The maximum atomic E-state index is 8.52. The minimum atomic E-state index is -5.17. The molecule has 0 aliphatic rings. The average Bonchev–Trinajstić information content (AvgIpc) is 0.722. The first-order valence-electron chi connectivity index (χ1n) is 0.667. The quantitative estimate of drug-likeness (QED) is 0.198. The minimum absolute atomic E-state index is 0. The Bertz CT molecular complexity index is 95.1. The SMILES string of the molecule is O.O.O.O.O.O.O.O.O.O.O.O.O.O.O.O.O.O.O=S(=O)([O-])[O-].[Al+3]. The second-order valence-electron chi connectivity index (χ2n) is 0.408. The molecule has 0 aromatic rings. The summed E-state index contributed by atoms with van der Waals surface area (Å²) in [6.07, 6.45) is 0. The molecule has 0 heterocycles. The van der Waals surface area contributed by atoms with Crippen LogP contribution in [-0.2, 0) is 10.4 Å². The Balaban J connectivity index is -0.000000000468. The van der Waals surface area contributed by atoms with E-state index in [1.165, 1.54) is 0 Å². The molecule has 0 aromatic carbocycles. The van der Waals surface area contributed by atoms with E-state index in [0.29, 0.717) is 0 Å². The molecule has 176 valence electrons. The van der Waals surface area contributed by atoms with Gasteiger partial charge in [-0.2, -0.15) is 0 Å². The van der Waals surface area contributed by atoms with E-state index in [-0.39, 0.29) is 116 Å². The molecule has 0 aliphatic carbocycles. The van der Waals surface area contributed by atoms with Gasteiger partial charge in [0.25, 0.3) is 0 Å². The zero-order chi connectivity index (χ0) is 4.50. The maximum Gasteiger partial charge on any atom is 3.00 e. The van der Waals surface area contributed by atoms with Crippen LogP contribution >= 0.6 is 0 Å². The van der Waals surface area contributed by atoms with Crippen LogP contribution in [0.3, 0.4) is 0 Å². The zero-order valence-electron chi connectivity index (χ0n) is 11.6. The normalized spacial score (nSPS) is 2.42. The van der Waals surface area contributed by atoms with Crippen LogP contribution in [0.1, 0.15) is 0 Å². The fourth-order valence-corrected chi connectivity index (χ4v) is 0. The van der Waals surface area contributed by atoms with Crippen molar-refractivity contribution < 1.29 is 116 Å². The molecule has 22 nitrogen and oxygen atoms in total. The van der Waals surface area contributed by atoms with E-state index in [4.69, 9.17) is 17.5 Å². The van der Waals surface area contributed by atoms with Crippen LogP contribution in [0.2, 0.25) is 0 Å². The first kappa shape index (κ1) is 899. The third-order valence-electron chi connectivity index (χ3n) is 0. The molecule has 0 bridgehead atoms. The molecular weight excluding hydrogens is 411 g/mol. The molecule has 0 rings (SSSR count). The van der Waals surface area contributed by atoms with Crippen LogP contribution in [0.15, 0.2) is 0 Å². The van der Waals surface area contributed by atoms with Gasteiger partial charge in [-0.15, -0.1) is 0 Å². The number of rotatable bonds is 0. The molecule has 0 aromatic heterocycles. The average molecular weight is 447 g/mol. The van der Waals surface area contributed by atoms with Crippen LogP contribution in [-0.4, -0.2) is 133 Å². The van der Waals surface area contributed by atoms with Crippen molar-refractivity contribution in [1.29, 1.82) is 0 Å². The summed E-state index contributed by atoms with van der Waals surface area (Å²) in [6, 6.07) is 0. The van der Waals surface area contributed by atoms with Crippen LogP contribution in [0.5, 0.6) is 0 Å². The summed E-state index contributed by atoms with van der Waals surface area (Å²) in [5, 5.41) is 0. The van der Waals surface area contributed by atoms with Crippen molar-refractivity contribution >= 4 is 27.8 Å². The van der Waals surface area contributed by atoms with E-state index >= 15 is 0 Å². The second-order valence-corrected chi connectivity index (χ2v) is 1.22. The summed E-state index contributed by atoms with van der Waals surface area (Å²) < 4.78 is 34.1. The fourth-order valence-electron chi connectivity index (χ4n) is 0. The molecule has 24 heavy (non-hydrogen) atoms. The van der Waals surface area contributed by atoms with Gasteiger partial charge in [-0.05, 0) is 0 Å². The van der Waals surface area contributed by atoms with Crippen LogP contribution < -0.4 is 0 Å². The third kappa shape index (κ3) is 92000. The molecule has 24 heteroatoms. The standard InChI is InChI=1S/Al.H2O4S.18H2O/c;1-5(2,3)4;;;;;;;;;;;;;;;;;;/h;(H2,1,2,3,4);18*1H2/q+3;;;;;;;;;;;;;;;;;;;/p-2. The topological polar surface area (TPSA) is 647 Å². The summed E-state index contributed by atoms with van der Waals surface area (Å²) in [4.78, 5) is 0. The summed E-state index contributed by atoms with van der Waals surface area (Å²) in [6.45, 7) is 0. The molecule has 0 spiro atoms. The summed E-state index contributed by atoms with van der Waals surface area (Å²) in [5.74, 6) is 0. The first-order valence-corrected chi connectivity index (χ1v) is 2.00. The Labute approximate surface area is 145 Å². The fraction of sp³-hybridized carbons (Fsp3) is 0. The van der Waals surface area contributed by atoms with Crippen molar-refractivity contribution in [3.63, 3.8) is 0 Å². The Kier molecular flexibility index (Phi) is 12400. The van der Waals surface area contributed by atoms with Crippen molar-refractivity contribution in [2.24, 2.45) is 0 Å². The molecule has 36 N–H and O–H groups in total. The Hall–Kier alpha value is -0.318. The zero-order valence-corrected chi connectivity index (χ0v) is 13.6. The van der Waals surface area contributed by atoms with E-state index in [2.05, 4.69) is 0 Å². The summed E-state index contributed by atoms with van der Waals surface area (Å²) in [5.41, 5.74) is 0. The van der Waals surface area contributed by atoms with Gasteiger partial charge in [0, 0.05) is 10.4 Å². The Morgan fingerprint density at radius 1 is 0.333 bits per heavy atom. The molecule has 0 saturated heterocycles. The largest absolute Gasteiger partial charge is 3.00 e. The van der Waals surface area contributed by atoms with Crippen molar-refractivity contribution in [2.75, 3.05) is 0 Å². The molecule has 0 unspecified atom stereocenters. The van der Waals surface area contributed by atoms with Gasteiger partial charge in [-0.25, -0.2) is 0 Å². The van der Waals surface area contributed by atoms with Gasteiger partial charge < -0.3 is 108 Å². The van der Waals surface area contributed by atoms with Crippen LogP contribution in [0.25, 0.3) is 0 Å². The monoisotopic (exact) mass is 447 g/mol. The van der Waals surface area contributed by atoms with E-state index in [1.807, 2.05) is 0 Å². The van der Waals surface area contributed by atoms with Crippen LogP contribution in [0.4, 0.5) is 0 Å². The summed E-state index contributed by atoms with van der Waals surface area (Å²) in [7, 11) is -5.17. The molecule has 0 amide bonds. The summed E-state index contributed by atoms with van der Waals surface area (Å²) >= 11 is 0. The smallest absolute Gasteiger partial charge is 0.759 e. The van der Waals surface area contributed by atoms with E-state index in [9.17, 15) is 0 Å². The number of hydrogen-bond donors (Lipinski definition) is 0. The maximum absolute atomic E-state index is 8.52. The molecule has 0 fully saturated rings. The minimum Gasteiger partial charge on any atom is -0.759 e. The number of hydrogen-bond acceptors (Lipinski definition) is 4. The molecule has 0 aliphatic heterocycles. The Morgan fingerprint density at radius 3 is 0.333 bits per heavy atom. The predicted molar refractivity (Wildman–Crippen MR) is 81.3 cm³/mol.